The van der Waals surface area contributed by atoms with E-state index in [-0.39, 0.29) is 0 Å². The molecule has 3 heteroatoms. The van der Waals surface area contributed by atoms with Crippen molar-refractivity contribution in [3.8, 4) is 5.75 Å². The van der Waals surface area contributed by atoms with Crippen LogP contribution in [0.5, 0.6) is 5.75 Å². The van der Waals surface area contributed by atoms with Crippen molar-refractivity contribution in [2.45, 2.75) is 13.0 Å². The molecule has 3 nitrogen and oxygen atoms in total. The summed E-state index contributed by atoms with van der Waals surface area (Å²) in [6, 6.07) is 8.88. The third-order valence-corrected chi connectivity index (χ3v) is 1.40. The lowest BCUT2D eigenvalue weighted by molar-refractivity contribution is -0.144. The molecule has 0 aliphatic carbocycles. The topological polar surface area (TPSA) is 46.5 Å². The number of aliphatic carboxylic acids is 1. The maximum absolute atomic E-state index is 10.4. The number of carboxylic acids is 1. The van der Waals surface area contributed by atoms with Crippen molar-refractivity contribution in [3.63, 3.8) is 0 Å². The Hall–Kier alpha value is -1.51. The molecule has 1 aromatic rings. The Balaban J connectivity index is 2.58. The lowest BCUT2D eigenvalue weighted by Gasteiger charge is -2.09. The maximum Gasteiger partial charge on any atom is 0.344 e. The minimum Gasteiger partial charge on any atom is -0.479 e. The van der Waals surface area contributed by atoms with E-state index in [0.29, 0.717) is 5.75 Å². The highest BCUT2D eigenvalue weighted by molar-refractivity contribution is 5.72. The van der Waals surface area contributed by atoms with E-state index in [9.17, 15) is 4.79 Å². The summed E-state index contributed by atoms with van der Waals surface area (Å²) >= 11 is 0. The second kappa shape index (κ2) is 3.76. The predicted octanol–water partition coefficient (Wildman–Crippen LogP) is 1.54. The van der Waals surface area contributed by atoms with E-state index >= 15 is 0 Å². The van der Waals surface area contributed by atoms with Crippen LogP contribution in [0.4, 0.5) is 0 Å². The van der Waals surface area contributed by atoms with E-state index in [1.807, 2.05) is 6.07 Å². The summed E-state index contributed by atoms with van der Waals surface area (Å²) in [7, 11) is 0. The first kappa shape index (κ1) is 8.59. The summed E-state index contributed by atoms with van der Waals surface area (Å²) in [5.41, 5.74) is 0. The molecule has 0 unspecified atom stereocenters. The van der Waals surface area contributed by atoms with Crippen molar-refractivity contribution >= 4 is 5.97 Å². The second-order valence-corrected chi connectivity index (χ2v) is 2.41. The first-order valence-corrected chi connectivity index (χ1v) is 3.64. The molecule has 0 aliphatic rings. The van der Waals surface area contributed by atoms with Gasteiger partial charge in [0.05, 0.1) is 0 Å². The normalized spacial score (nSPS) is 12.1. The van der Waals surface area contributed by atoms with E-state index in [1.165, 1.54) is 6.92 Å². The van der Waals surface area contributed by atoms with Crippen LogP contribution < -0.4 is 4.74 Å². The lowest BCUT2D eigenvalue weighted by atomic mass is 10.3. The van der Waals surface area contributed by atoms with Gasteiger partial charge in [-0.2, -0.15) is 0 Å². The predicted molar refractivity (Wildman–Crippen MR) is 44.2 cm³/mol. The van der Waals surface area contributed by atoms with E-state index in [1.54, 1.807) is 24.3 Å². The quantitative estimate of drug-likeness (QED) is 0.740. The molecular formula is C9H10O3. The molecule has 0 spiro atoms. The van der Waals surface area contributed by atoms with Crippen LogP contribution in [0.25, 0.3) is 0 Å². The van der Waals surface area contributed by atoms with Gasteiger partial charge in [0.1, 0.15) is 5.75 Å². The first-order chi connectivity index (χ1) is 5.70. The summed E-state index contributed by atoms with van der Waals surface area (Å²) in [6.45, 7) is 1.50. The highest BCUT2D eigenvalue weighted by atomic mass is 16.5. The number of carbonyl (C=O) groups is 1. The van der Waals surface area contributed by atoms with Gasteiger partial charge < -0.3 is 9.84 Å². The van der Waals surface area contributed by atoms with Gasteiger partial charge in [-0.3, -0.25) is 0 Å². The molecule has 0 saturated heterocycles. The Morgan fingerprint density at radius 1 is 1.42 bits per heavy atom. The van der Waals surface area contributed by atoms with Crippen molar-refractivity contribution in [1.82, 2.24) is 0 Å². The Morgan fingerprint density at radius 2 is 2.00 bits per heavy atom. The standard InChI is InChI=1S/C9H10O3/c1-7(9(10)11)12-8-5-3-2-4-6-8/h2-7H,1H3,(H,10,11)/t7-/m0/s1. The number of carboxylic acid groups (broad SMARTS) is 1. The molecule has 1 rings (SSSR count). The van der Waals surface area contributed by atoms with E-state index in [4.69, 9.17) is 9.84 Å². The minimum absolute atomic E-state index is 0.576. The number of ether oxygens (including phenoxy) is 1. The molecule has 0 amide bonds. The van der Waals surface area contributed by atoms with E-state index < -0.39 is 12.1 Å². The number of benzene rings is 1. The monoisotopic (exact) mass is 166 g/mol. The Labute approximate surface area is 70.6 Å². The minimum atomic E-state index is -0.959. The van der Waals surface area contributed by atoms with Gasteiger partial charge in [-0.05, 0) is 19.1 Å². The summed E-state index contributed by atoms with van der Waals surface area (Å²) in [5.74, 6) is -0.383. The fraction of sp³-hybridized carbons (Fsp3) is 0.222. The lowest BCUT2D eigenvalue weighted by Crippen LogP contribution is -2.22. The summed E-state index contributed by atoms with van der Waals surface area (Å²) in [4.78, 5) is 10.4. The zero-order valence-electron chi connectivity index (χ0n) is 6.73. The molecule has 0 heterocycles. The van der Waals surface area contributed by atoms with Gasteiger partial charge in [0.15, 0.2) is 6.10 Å². The van der Waals surface area contributed by atoms with Crippen LogP contribution in [0.2, 0.25) is 0 Å². The van der Waals surface area contributed by atoms with Gasteiger partial charge in [-0.1, -0.05) is 18.2 Å². The molecule has 12 heavy (non-hydrogen) atoms. The SMILES string of the molecule is C[C@H](Oc1ccccc1)C(=O)O. The van der Waals surface area contributed by atoms with Crippen molar-refractivity contribution in [2.75, 3.05) is 0 Å². The molecule has 1 aromatic carbocycles. The fourth-order valence-corrected chi connectivity index (χ4v) is 0.754. The van der Waals surface area contributed by atoms with E-state index in [2.05, 4.69) is 0 Å². The van der Waals surface area contributed by atoms with Gasteiger partial charge in [0.2, 0.25) is 0 Å². The highest BCUT2D eigenvalue weighted by Gasteiger charge is 2.11. The van der Waals surface area contributed by atoms with Crippen LogP contribution in [0.15, 0.2) is 30.3 Å². The van der Waals surface area contributed by atoms with Gasteiger partial charge in [0, 0.05) is 0 Å². The van der Waals surface area contributed by atoms with Crippen molar-refractivity contribution < 1.29 is 14.6 Å². The van der Waals surface area contributed by atoms with Crippen LogP contribution in [0.3, 0.4) is 0 Å². The van der Waals surface area contributed by atoms with Gasteiger partial charge in [0.25, 0.3) is 0 Å². The molecule has 0 aliphatic heterocycles. The molecule has 0 saturated carbocycles. The zero-order chi connectivity index (χ0) is 8.97. The summed E-state index contributed by atoms with van der Waals surface area (Å²) in [6.07, 6.45) is -0.799. The average Bonchev–Trinajstić information content (AvgIpc) is 2.06. The molecule has 0 bridgehead atoms. The zero-order valence-corrected chi connectivity index (χ0v) is 6.73. The van der Waals surface area contributed by atoms with Crippen molar-refractivity contribution in [3.05, 3.63) is 30.3 Å². The fourth-order valence-electron chi connectivity index (χ4n) is 0.754. The van der Waals surface area contributed by atoms with Crippen LogP contribution in [-0.2, 0) is 4.79 Å². The van der Waals surface area contributed by atoms with Crippen molar-refractivity contribution in [1.29, 1.82) is 0 Å². The van der Waals surface area contributed by atoms with Crippen LogP contribution in [-0.4, -0.2) is 17.2 Å². The highest BCUT2D eigenvalue weighted by Crippen LogP contribution is 2.10. The third kappa shape index (κ3) is 2.27. The van der Waals surface area contributed by atoms with Crippen LogP contribution >= 0.6 is 0 Å². The molecule has 64 valence electrons. The number of hydrogen-bond acceptors (Lipinski definition) is 2. The first-order valence-electron chi connectivity index (χ1n) is 3.64. The van der Waals surface area contributed by atoms with Crippen LogP contribution in [0.1, 0.15) is 6.92 Å². The van der Waals surface area contributed by atoms with Crippen LogP contribution in [0, 0.1) is 0 Å². The molecule has 0 radical (unpaired) electrons. The third-order valence-electron chi connectivity index (χ3n) is 1.40. The van der Waals surface area contributed by atoms with Gasteiger partial charge in [-0.15, -0.1) is 0 Å². The number of para-hydroxylation sites is 1. The Kier molecular flexibility index (Phi) is 2.69. The maximum atomic E-state index is 10.4. The molecule has 1 atom stereocenters. The number of hydrogen-bond donors (Lipinski definition) is 1. The average molecular weight is 166 g/mol. The molecule has 0 aromatic heterocycles. The Bertz CT molecular complexity index is 256. The largest absolute Gasteiger partial charge is 0.479 e. The molecule has 0 fully saturated rings. The molecule has 1 N–H and O–H groups in total. The molecular weight excluding hydrogens is 156 g/mol. The summed E-state index contributed by atoms with van der Waals surface area (Å²) in [5, 5.41) is 8.52. The second-order valence-electron chi connectivity index (χ2n) is 2.41. The van der Waals surface area contributed by atoms with Gasteiger partial charge >= 0.3 is 5.97 Å². The smallest absolute Gasteiger partial charge is 0.344 e. The van der Waals surface area contributed by atoms with Crippen molar-refractivity contribution in [2.24, 2.45) is 0 Å². The number of rotatable bonds is 3. The van der Waals surface area contributed by atoms with E-state index in [0.717, 1.165) is 0 Å². The summed E-state index contributed by atoms with van der Waals surface area (Å²) < 4.78 is 5.08. The Morgan fingerprint density at radius 3 is 2.50 bits per heavy atom. The van der Waals surface area contributed by atoms with Gasteiger partial charge in [-0.25, -0.2) is 4.79 Å².